The maximum absolute atomic E-state index is 12.3. The molecule has 1 fully saturated rings. The van der Waals surface area contributed by atoms with Crippen LogP contribution < -0.4 is 10.6 Å². The van der Waals surface area contributed by atoms with E-state index in [-0.39, 0.29) is 35.5 Å². The second-order valence-electron chi connectivity index (χ2n) is 9.10. The second kappa shape index (κ2) is 11.4. The van der Waals surface area contributed by atoms with Crippen LogP contribution in [-0.2, 0) is 10.2 Å². The molecule has 0 aromatic carbocycles. The van der Waals surface area contributed by atoms with Crippen LogP contribution >= 0.6 is 35.3 Å². The van der Waals surface area contributed by atoms with Gasteiger partial charge < -0.3 is 20.3 Å². The van der Waals surface area contributed by atoms with Crippen molar-refractivity contribution in [2.45, 2.75) is 58.5 Å². The highest BCUT2D eigenvalue weighted by Gasteiger charge is 2.28. The summed E-state index contributed by atoms with van der Waals surface area (Å²) in [6.07, 6.45) is 1.89. The minimum atomic E-state index is -0.455. The molecule has 1 unspecified atom stereocenters. The Balaban J connectivity index is 0.00000420. The summed E-state index contributed by atoms with van der Waals surface area (Å²) in [6, 6.07) is 4.27. The third-order valence-corrected chi connectivity index (χ3v) is 6.07. The van der Waals surface area contributed by atoms with Crippen LogP contribution in [0.5, 0.6) is 0 Å². The van der Waals surface area contributed by atoms with Crippen molar-refractivity contribution in [3.05, 3.63) is 22.4 Å². The Morgan fingerprint density at radius 1 is 1.31 bits per heavy atom. The number of hydrogen-bond acceptors (Lipinski definition) is 4. The molecule has 0 radical (unpaired) electrons. The molecule has 8 heteroatoms. The fourth-order valence-corrected chi connectivity index (χ4v) is 4.09. The van der Waals surface area contributed by atoms with Gasteiger partial charge in [0, 0.05) is 43.5 Å². The first kappa shape index (κ1) is 26.0. The lowest BCUT2D eigenvalue weighted by Crippen LogP contribution is -2.48. The molecule has 1 aliphatic heterocycles. The number of aliphatic imine (C=N–C) groups is 1. The lowest BCUT2D eigenvalue weighted by molar-refractivity contribution is 0.0168. The number of amides is 1. The maximum atomic E-state index is 12.3. The Morgan fingerprint density at radius 2 is 2.03 bits per heavy atom. The number of nitrogens with zero attached hydrogens (tertiary/aromatic N) is 2. The molecule has 2 heterocycles. The van der Waals surface area contributed by atoms with Crippen molar-refractivity contribution >= 4 is 47.4 Å². The summed E-state index contributed by atoms with van der Waals surface area (Å²) in [6.45, 7) is 13.3. The lowest BCUT2D eigenvalue weighted by Gasteiger charge is -2.34. The van der Waals surface area contributed by atoms with Crippen molar-refractivity contribution < 1.29 is 9.53 Å². The molecule has 1 aromatic heterocycles. The van der Waals surface area contributed by atoms with E-state index in [2.05, 4.69) is 47.0 Å². The monoisotopic (exact) mass is 536 g/mol. The van der Waals surface area contributed by atoms with Crippen molar-refractivity contribution in [2.24, 2.45) is 10.9 Å². The first-order valence-corrected chi connectivity index (χ1v) is 10.9. The summed E-state index contributed by atoms with van der Waals surface area (Å²) < 4.78 is 5.52. The number of rotatable bonds is 5. The Morgan fingerprint density at radius 3 is 2.62 bits per heavy atom. The molecular formula is C21H37IN4O2S. The molecule has 1 atom stereocenters. The van der Waals surface area contributed by atoms with Gasteiger partial charge in [0.2, 0.25) is 0 Å². The van der Waals surface area contributed by atoms with E-state index in [4.69, 9.17) is 4.74 Å². The Kier molecular flexibility index (Phi) is 10.2. The molecule has 0 spiro atoms. The van der Waals surface area contributed by atoms with Crippen LogP contribution in [0.25, 0.3) is 0 Å². The van der Waals surface area contributed by atoms with Gasteiger partial charge >= 0.3 is 6.09 Å². The minimum absolute atomic E-state index is 0. The van der Waals surface area contributed by atoms with Crippen LogP contribution in [0.15, 0.2) is 22.5 Å². The highest BCUT2D eigenvalue weighted by Crippen LogP contribution is 2.26. The van der Waals surface area contributed by atoms with E-state index in [1.165, 1.54) is 4.88 Å². The van der Waals surface area contributed by atoms with Gasteiger partial charge in [-0.05, 0) is 51.0 Å². The van der Waals surface area contributed by atoms with E-state index in [9.17, 15) is 4.79 Å². The van der Waals surface area contributed by atoms with Crippen LogP contribution in [0.3, 0.4) is 0 Å². The standard InChI is InChI=1S/C21H36N4O2S.HI/c1-20(2,3)27-19(26)25-11-7-9-16(14-25)13-23-18(22-6)24-15-21(4,5)17-10-8-12-28-17;/h8,10,12,16H,7,9,11,13-15H2,1-6H3,(H2,22,23,24);1H. The summed E-state index contributed by atoms with van der Waals surface area (Å²) in [4.78, 5) is 19.9. The van der Waals surface area contributed by atoms with E-state index in [0.29, 0.717) is 5.92 Å². The number of guanidine groups is 1. The minimum Gasteiger partial charge on any atom is -0.444 e. The first-order chi connectivity index (χ1) is 13.1. The molecule has 1 saturated heterocycles. The largest absolute Gasteiger partial charge is 0.444 e. The molecule has 1 aromatic rings. The summed E-state index contributed by atoms with van der Waals surface area (Å²) in [5, 5.41) is 8.99. The van der Waals surface area contributed by atoms with E-state index in [1.54, 1.807) is 18.4 Å². The first-order valence-electron chi connectivity index (χ1n) is 10.1. The number of carbonyl (C=O) groups excluding carboxylic acids is 1. The molecular weight excluding hydrogens is 499 g/mol. The van der Waals surface area contributed by atoms with E-state index >= 15 is 0 Å². The van der Waals surface area contributed by atoms with Crippen LogP contribution in [-0.4, -0.2) is 55.8 Å². The number of ether oxygens (including phenoxy) is 1. The summed E-state index contributed by atoms with van der Waals surface area (Å²) in [7, 11) is 1.79. The van der Waals surface area contributed by atoms with Gasteiger partial charge in [-0.2, -0.15) is 0 Å². The smallest absolute Gasteiger partial charge is 0.410 e. The fraction of sp³-hybridized carbons (Fsp3) is 0.714. The molecule has 0 bridgehead atoms. The zero-order valence-corrected chi connectivity index (χ0v) is 21.7. The van der Waals surface area contributed by atoms with E-state index in [0.717, 1.165) is 45.0 Å². The third kappa shape index (κ3) is 8.70. The van der Waals surface area contributed by atoms with Gasteiger partial charge in [-0.25, -0.2) is 4.79 Å². The average Bonchev–Trinajstić information content (AvgIpc) is 3.16. The molecule has 1 amide bonds. The normalized spacial score (nSPS) is 18.1. The zero-order valence-electron chi connectivity index (χ0n) is 18.6. The number of piperidine rings is 1. The van der Waals surface area contributed by atoms with Gasteiger partial charge in [0.15, 0.2) is 5.96 Å². The highest BCUT2D eigenvalue weighted by atomic mass is 127. The van der Waals surface area contributed by atoms with Crippen LogP contribution in [0.4, 0.5) is 4.79 Å². The molecule has 1 aliphatic rings. The summed E-state index contributed by atoms with van der Waals surface area (Å²) >= 11 is 1.78. The quantitative estimate of drug-likeness (QED) is 0.332. The van der Waals surface area contributed by atoms with Gasteiger partial charge in [-0.15, -0.1) is 35.3 Å². The Labute approximate surface area is 196 Å². The van der Waals surface area contributed by atoms with Gasteiger partial charge in [0.1, 0.15) is 5.60 Å². The van der Waals surface area contributed by atoms with Gasteiger partial charge in [0.25, 0.3) is 0 Å². The SMILES string of the molecule is CN=C(NCC1CCCN(C(=O)OC(C)(C)C)C1)NCC(C)(C)c1cccs1.I. The van der Waals surface area contributed by atoms with Crippen LogP contribution in [0.2, 0.25) is 0 Å². The van der Waals surface area contributed by atoms with E-state index < -0.39 is 5.60 Å². The number of carbonyl (C=O) groups is 1. The second-order valence-corrected chi connectivity index (χ2v) is 10.1. The van der Waals surface area contributed by atoms with Crippen LogP contribution in [0.1, 0.15) is 52.3 Å². The average molecular weight is 537 g/mol. The number of thiophene rings is 1. The number of nitrogens with one attached hydrogen (secondary N) is 2. The van der Waals surface area contributed by atoms with Crippen molar-refractivity contribution in [1.29, 1.82) is 0 Å². The zero-order chi connectivity index (χ0) is 20.8. The summed E-state index contributed by atoms with van der Waals surface area (Å²) in [5.74, 6) is 1.20. The van der Waals surface area contributed by atoms with Gasteiger partial charge in [0.05, 0.1) is 0 Å². The fourth-order valence-electron chi connectivity index (χ4n) is 3.24. The molecule has 0 saturated carbocycles. The van der Waals surface area contributed by atoms with Crippen molar-refractivity contribution in [3.63, 3.8) is 0 Å². The number of hydrogen-bond donors (Lipinski definition) is 2. The third-order valence-electron chi connectivity index (χ3n) is 4.84. The predicted molar refractivity (Wildman–Crippen MR) is 133 cm³/mol. The van der Waals surface area contributed by atoms with Crippen molar-refractivity contribution in [2.75, 3.05) is 33.2 Å². The number of halogens is 1. The Hall–Kier alpha value is -1.03. The maximum Gasteiger partial charge on any atom is 0.410 e. The highest BCUT2D eigenvalue weighted by molar-refractivity contribution is 14.0. The molecule has 6 nitrogen and oxygen atoms in total. The summed E-state index contributed by atoms with van der Waals surface area (Å²) in [5.41, 5.74) is -0.409. The van der Waals surface area contributed by atoms with Gasteiger partial charge in [-0.1, -0.05) is 19.9 Å². The molecule has 0 aliphatic carbocycles. The van der Waals surface area contributed by atoms with Crippen molar-refractivity contribution in [1.82, 2.24) is 15.5 Å². The van der Waals surface area contributed by atoms with E-state index in [1.807, 2.05) is 25.7 Å². The lowest BCUT2D eigenvalue weighted by atomic mass is 9.91. The number of likely N-dealkylation sites (tertiary alicyclic amines) is 1. The topological polar surface area (TPSA) is 66.0 Å². The predicted octanol–water partition coefficient (Wildman–Crippen LogP) is 4.46. The van der Waals surface area contributed by atoms with Gasteiger partial charge in [-0.3, -0.25) is 4.99 Å². The molecule has 166 valence electrons. The molecule has 2 rings (SSSR count). The Bertz CT molecular complexity index is 656. The van der Waals surface area contributed by atoms with Crippen LogP contribution in [0, 0.1) is 5.92 Å². The molecule has 2 N–H and O–H groups in total. The van der Waals surface area contributed by atoms with Crippen molar-refractivity contribution in [3.8, 4) is 0 Å². The molecule has 29 heavy (non-hydrogen) atoms.